The zero-order valence-electron chi connectivity index (χ0n) is 22.1. The number of hydrogen-bond donors (Lipinski definition) is 2. The van der Waals surface area contributed by atoms with Gasteiger partial charge in [0.05, 0.1) is 17.8 Å². The van der Waals surface area contributed by atoms with E-state index in [9.17, 15) is 14.7 Å². The first kappa shape index (κ1) is 25.3. The zero-order valence-corrected chi connectivity index (χ0v) is 22.1. The van der Waals surface area contributed by atoms with Crippen LogP contribution in [0.5, 0.6) is 0 Å². The van der Waals surface area contributed by atoms with Crippen molar-refractivity contribution in [3.8, 4) is 0 Å². The quantitative estimate of drug-likeness (QED) is 0.501. The number of pyridine rings is 1. The van der Waals surface area contributed by atoms with E-state index in [-0.39, 0.29) is 30.7 Å². The topological polar surface area (TPSA) is 131 Å². The third-order valence-electron chi connectivity index (χ3n) is 7.29. The Bertz CT molecular complexity index is 1290. The molecule has 0 aromatic carbocycles. The van der Waals surface area contributed by atoms with Gasteiger partial charge in [-0.25, -0.2) is 4.68 Å². The highest BCUT2D eigenvalue weighted by Crippen LogP contribution is 2.40. The fourth-order valence-corrected chi connectivity index (χ4v) is 5.18. The number of fused-ring (bicyclic) bond motifs is 1. The van der Waals surface area contributed by atoms with Crippen LogP contribution in [0.15, 0.2) is 30.6 Å². The van der Waals surface area contributed by atoms with E-state index in [0.717, 1.165) is 18.5 Å². The molecule has 5 rings (SSSR count). The fraction of sp³-hybridized carbons (Fsp3) is 0.615. The molecule has 11 nitrogen and oxygen atoms in total. The number of aromatic nitrogens is 6. The molecule has 3 aromatic heterocycles. The largest absolute Gasteiger partial charge is 0.391 e. The molecule has 1 aliphatic carbocycles. The second-order valence-electron chi connectivity index (χ2n) is 11.8. The molecular weight excluding hydrogens is 472 g/mol. The summed E-state index contributed by atoms with van der Waals surface area (Å²) >= 11 is 0. The van der Waals surface area contributed by atoms with Gasteiger partial charge < -0.3 is 15.3 Å². The third kappa shape index (κ3) is 4.96. The van der Waals surface area contributed by atoms with E-state index >= 15 is 0 Å². The molecule has 198 valence electrons. The van der Waals surface area contributed by atoms with E-state index < -0.39 is 29.6 Å². The van der Waals surface area contributed by atoms with Gasteiger partial charge in [-0.1, -0.05) is 45.9 Å². The molecule has 2 N–H and O–H groups in total. The maximum absolute atomic E-state index is 14.0. The summed E-state index contributed by atoms with van der Waals surface area (Å²) in [6, 6.07) is 3.74. The summed E-state index contributed by atoms with van der Waals surface area (Å²) in [7, 11) is 0. The van der Waals surface area contributed by atoms with Crippen molar-refractivity contribution < 1.29 is 14.7 Å². The van der Waals surface area contributed by atoms with Gasteiger partial charge in [0.15, 0.2) is 11.5 Å². The molecule has 4 heterocycles. The Morgan fingerprint density at radius 1 is 1.14 bits per heavy atom. The van der Waals surface area contributed by atoms with Crippen LogP contribution in [0.2, 0.25) is 0 Å². The van der Waals surface area contributed by atoms with Gasteiger partial charge in [0.25, 0.3) is 0 Å². The minimum atomic E-state index is -0.806. The standard InChI is InChI=1S/C26H36N8O3/c1-15(2)21(23-30-29-20-8-6-7-11-32(20)23)27-24(36)19-12-17(35)13-33(19)25(37)22(26(3,4)5)34-14-18(28-31-34)16-9-10-16/h6-8,11,14-17,19,21-22,35H,9-10,12-13H2,1-5H3,(H,27,36)/t17-,19+,21?,22-/m0/s1. The predicted octanol–water partition coefficient (Wildman–Crippen LogP) is 2.26. The zero-order chi connectivity index (χ0) is 26.5. The molecule has 1 saturated heterocycles. The number of rotatable bonds is 7. The molecule has 3 aromatic rings. The third-order valence-corrected chi connectivity index (χ3v) is 7.29. The first-order valence-electron chi connectivity index (χ1n) is 13.0. The second-order valence-corrected chi connectivity index (χ2v) is 11.8. The molecule has 0 bridgehead atoms. The van der Waals surface area contributed by atoms with E-state index in [2.05, 4.69) is 25.8 Å². The summed E-state index contributed by atoms with van der Waals surface area (Å²) in [5.41, 5.74) is 1.11. The molecule has 0 radical (unpaired) electrons. The number of nitrogens with one attached hydrogen (secondary N) is 1. The summed E-state index contributed by atoms with van der Waals surface area (Å²) in [6.07, 6.45) is 5.29. The van der Waals surface area contributed by atoms with Gasteiger partial charge in [0, 0.05) is 31.3 Å². The maximum atomic E-state index is 14.0. The van der Waals surface area contributed by atoms with Gasteiger partial charge in [-0.05, 0) is 36.3 Å². The molecule has 37 heavy (non-hydrogen) atoms. The molecule has 1 unspecified atom stereocenters. The van der Waals surface area contributed by atoms with Crippen molar-refractivity contribution in [2.45, 2.75) is 84.0 Å². The predicted molar refractivity (Wildman–Crippen MR) is 135 cm³/mol. The molecule has 2 fully saturated rings. The number of amides is 2. The monoisotopic (exact) mass is 508 g/mol. The smallest absolute Gasteiger partial charge is 0.248 e. The van der Waals surface area contributed by atoms with Gasteiger partial charge in [0.2, 0.25) is 11.8 Å². The van der Waals surface area contributed by atoms with Gasteiger partial charge in [-0.15, -0.1) is 15.3 Å². The maximum Gasteiger partial charge on any atom is 0.248 e. The van der Waals surface area contributed by atoms with Crippen molar-refractivity contribution in [2.24, 2.45) is 11.3 Å². The van der Waals surface area contributed by atoms with Crippen molar-refractivity contribution in [3.05, 3.63) is 42.1 Å². The highest BCUT2D eigenvalue weighted by atomic mass is 16.3. The summed E-state index contributed by atoms with van der Waals surface area (Å²) < 4.78 is 3.49. The normalized spacial score (nSPS) is 22.0. The Labute approximate surface area is 216 Å². The van der Waals surface area contributed by atoms with E-state index in [1.54, 1.807) is 4.68 Å². The highest BCUT2D eigenvalue weighted by molar-refractivity contribution is 5.90. The van der Waals surface area contributed by atoms with E-state index in [4.69, 9.17) is 0 Å². The Kier molecular flexibility index (Phi) is 6.51. The van der Waals surface area contributed by atoms with Crippen LogP contribution in [0.4, 0.5) is 0 Å². The number of likely N-dealkylation sites (tertiary alicyclic amines) is 1. The number of carbonyl (C=O) groups excluding carboxylic acids is 2. The van der Waals surface area contributed by atoms with Crippen molar-refractivity contribution in [1.29, 1.82) is 0 Å². The van der Waals surface area contributed by atoms with Crippen molar-refractivity contribution in [3.63, 3.8) is 0 Å². The van der Waals surface area contributed by atoms with Crippen molar-refractivity contribution in [1.82, 2.24) is 39.8 Å². The lowest BCUT2D eigenvalue weighted by Crippen LogP contribution is -2.51. The van der Waals surface area contributed by atoms with Crippen LogP contribution >= 0.6 is 0 Å². The average Bonchev–Trinajstić information content (AvgIpc) is 3.23. The SMILES string of the molecule is CC(C)C(NC(=O)[C@H]1C[C@H](O)CN1C(=O)[C@H](n1cc(C2CC2)nn1)C(C)(C)C)c1nnc2ccccn12. The van der Waals surface area contributed by atoms with Crippen LogP contribution < -0.4 is 5.32 Å². The second kappa shape index (κ2) is 9.51. The van der Waals surface area contributed by atoms with E-state index in [1.807, 2.05) is 69.6 Å². The van der Waals surface area contributed by atoms with Crippen LogP contribution in [-0.4, -0.2) is 70.1 Å². The van der Waals surface area contributed by atoms with Crippen molar-refractivity contribution in [2.75, 3.05) is 6.54 Å². The molecule has 4 atom stereocenters. The summed E-state index contributed by atoms with van der Waals surface area (Å²) in [5, 5.41) is 30.8. The molecule has 11 heteroatoms. The summed E-state index contributed by atoms with van der Waals surface area (Å²) in [6.45, 7) is 10.0. The Morgan fingerprint density at radius 3 is 2.57 bits per heavy atom. The van der Waals surface area contributed by atoms with Gasteiger partial charge in [-0.2, -0.15) is 0 Å². The van der Waals surface area contributed by atoms with Crippen molar-refractivity contribution >= 4 is 17.5 Å². The number of nitrogens with zero attached hydrogens (tertiary/aromatic N) is 7. The molecule has 0 spiro atoms. The summed E-state index contributed by atoms with van der Waals surface area (Å²) in [4.78, 5) is 29.2. The van der Waals surface area contributed by atoms with Crippen LogP contribution in [0.1, 0.15) is 83.4 Å². The lowest BCUT2D eigenvalue weighted by Gasteiger charge is -2.35. The lowest BCUT2D eigenvalue weighted by molar-refractivity contribution is -0.144. The lowest BCUT2D eigenvalue weighted by atomic mass is 9.85. The average molecular weight is 509 g/mol. The Balaban J connectivity index is 1.40. The Morgan fingerprint density at radius 2 is 1.89 bits per heavy atom. The van der Waals surface area contributed by atoms with Crippen LogP contribution in [0.25, 0.3) is 5.65 Å². The number of hydrogen-bond acceptors (Lipinski definition) is 7. The summed E-state index contributed by atoms with van der Waals surface area (Å²) in [5.74, 6) is 0.494. The minimum Gasteiger partial charge on any atom is -0.391 e. The Hall–Kier alpha value is -3.34. The van der Waals surface area contributed by atoms with Gasteiger partial charge in [-0.3, -0.25) is 14.0 Å². The first-order chi connectivity index (χ1) is 17.5. The van der Waals surface area contributed by atoms with Gasteiger partial charge >= 0.3 is 0 Å². The molecule has 2 aliphatic rings. The number of aliphatic hydroxyl groups excluding tert-OH is 1. The number of aliphatic hydroxyl groups is 1. The fourth-order valence-electron chi connectivity index (χ4n) is 5.18. The first-order valence-corrected chi connectivity index (χ1v) is 13.0. The van der Waals surface area contributed by atoms with Crippen LogP contribution in [-0.2, 0) is 9.59 Å². The minimum absolute atomic E-state index is 0.0188. The van der Waals surface area contributed by atoms with E-state index in [1.165, 1.54) is 4.90 Å². The molecule has 1 aliphatic heterocycles. The van der Waals surface area contributed by atoms with Crippen LogP contribution in [0, 0.1) is 11.3 Å². The van der Waals surface area contributed by atoms with Crippen LogP contribution in [0.3, 0.4) is 0 Å². The molecular formula is C26H36N8O3. The number of β-amino-alcohol motifs (C(OH)–C–C–N with tert-alkyl or cyclic N) is 1. The number of carbonyl (C=O) groups is 2. The molecule has 1 saturated carbocycles. The highest BCUT2D eigenvalue weighted by Gasteiger charge is 2.46. The molecule has 2 amide bonds. The van der Waals surface area contributed by atoms with E-state index in [0.29, 0.717) is 17.4 Å². The van der Waals surface area contributed by atoms with Gasteiger partial charge in [0.1, 0.15) is 12.1 Å².